The van der Waals surface area contributed by atoms with Crippen molar-refractivity contribution in [3.63, 3.8) is 0 Å². The van der Waals surface area contributed by atoms with Crippen molar-refractivity contribution >= 4 is 0 Å². The molecule has 0 aromatic heterocycles. The zero-order valence-corrected chi connectivity index (χ0v) is 9.09. The molecule has 0 atom stereocenters. The van der Waals surface area contributed by atoms with E-state index in [0.717, 1.165) is 5.56 Å². The lowest BCUT2D eigenvalue weighted by Crippen LogP contribution is -2.24. The molecule has 1 radical (unpaired) electrons. The van der Waals surface area contributed by atoms with Crippen molar-refractivity contribution in [2.75, 3.05) is 0 Å². The van der Waals surface area contributed by atoms with Gasteiger partial charge in [0, 0.05) is 0 Å². The minimum Gasteiger partial charge on any atom is -0.0619 e. The summed E-state index contributed by atoms with van der Waals surface area (Å²) in [6.45, 7) is 13.0. The van der Waals surface area contributed by atoms with Crippen LogP contribution in [-0.4, -0.2) is 0 Å². The first-order valence-electron chi connectivity index (χ1n) is 4.87. The number of hydrogen-bond donors (Lipinski definition) is 0. The van der Waals surface area contributed by atoms with Gasteiger partial charge in [0.1, 0.15) is 0 Å². The molecule has 0 heteroatoms. The summed E-state index contributed by atoms with van der Waals surface area (Å²) >= 11 is 0. The minimum absolute atomic E-state index is 0.258. The third kappa shape index (κ3) is 2.12. The topological polar surface area (TPSA) is 0 Å². The molecule has 13 heavy (non-hydrogen) atoms. The molecule has 0 aliphatic heterocycles. The summed E-state index contributed by atoms with van der Waals surface area (Å²) in [5.74, 6) is 0.656. The van der Waals surface area contributed by atoms with Crippen LogP contribution in [0, 0.1) is 12.8 Å². The van der Waals surface area contributed by atoms with Crippen molar-refractivity contribution < 1.29 is 0 Å². The first-order valence-corrected chi connectivity index (χ1v) is 4.87. The fraction of sp³-hybridized carbons (Fsp3) is 0.462. The average molecular weight is 175 g/mol. The van der Waals surface area contributed by atoms with Gasteiger partial charge in [-0.1, -0.05) is 52.0 Å². The lowest BCUT2D eigenvalue weighted by atomic mass is 9.75. The van der Waals surface area contributed by atoms with Crippen LogP contribution < -0.4 is 0 Å². The maximum Gasteiger partial charge on any atom is -0.00806 e. The van der Waals surface area contributed by atoms with Gasteiger partial charge in [-0.2, -0.15) is 0 Å². The highest BCUT2D eigenvalue weighted by Gasteiger charge is 2.23. The second kappa shape index (κ2) is 3.53. The van der Waals surface area contributed by atoms with Crippen LogP contribution in [0.5, 0.6) is 0 Å². The maximum absolute atomic E-state index is 3.89. The van der Waals surface area contributed by atoms with Crippen LogP contribution >= 0.6 is 0 Å². The summed E-state index contributed by atoms with van der Waals surface area (Å²) in [6, 6.07) is 8.53. The molecule has 0 aliphatic rings. The molecular formula is C13H19. The van der Waals surface area contributed by atoms with E-state index in [2.05, 4.69) is 58.9 Å². The van der Waals surface area contributed by atoms with Gasteiger partial charge in [-0.25, -0.2) is 0 Å². The Hall–Kier alpha value is -0.780. The van der Waals surface area contributed by atoms with Gasteiger partial charge in [0.15, 0.2) is 0 Å². The van der Waals surface area contributed by atoms with Crippen LogP contribution in [0.3, 0.4) is 0 Å². The van der Waals surface area contributed by atoms with E-state index in [1.165, 1.54) is 5.56 Å². The van der Waals surface area contributed by atoms with E-state index in [9.17, 15) is 0 Å². The quantitative estimate of drug-likeness (QED) is 0.641. The van der Waals surface area contributed by atoms with Crippen LogP contribution in [0.15, 0.2) is 24.3 Å². The van der Waals surface area contributed by atoms with Crippen LogP contribution in [0.4, 0.5) is 0 Å². The van der Waals surface area contributed by atoms with E-state index in [-0.39, 0.29) is 5.41 Å². The molecule has 0 spiro atoms. The molecule has 0 nitrogen and oxygen atoms in total. The van der Waals surface area contributed by atoms with E-state index in [1.54, 1.807) is 0 Å². The molecule has 0 aliphatic carbocycles. The second-order valence-corrected chi connectivity index (χ2v) is 4.57. The highest BCUT2D eigenvalue weighted by atomic mass is 14.3. The monoisotopic (exact) mass is 175 g/mol. The summed E-state index contributed by atoms with van der Waals surface area (Å²) in [6.07, 6.45) is 0. The minimum atomic E-state index is 0.258. The van der Waals surface area contributed by atoms with Crippen molar-refractivity contribution in [2.45, 2.75) is 33.1 Å². The molecule has 0 saturated heterocycles. The summed E-state index contributed by atoms with van der Waals surface area (Å²) in [5.41, 5.74) is 2.74. The lowest BCUT2D eigenvalue weighted by Gasteiger charge is -2.29. The Labute approximate surface area is 82.0 Å². The normalized spacial score (nSPS) is 12.2. The fourth-order valence-electron chi connectivity index (χ4n) is 1.27. The summed E-state index contributed by atoms with van der Waals surface area (Å²) in [4.78, 5) is 0. The zero-order chi connectivity index (χ0) is 10.1. The fourth-order valence-corrected chi connectivity index (χ4v) is 1.27. The van der Waals surface area contributed by atoms with Crippen LogP contribution in [-0.2, 0) is 5.41 Å². The highest BCUT2D eigenvalue weighted by molar-refractivity contribution is 5.29. The molecule has 0 saturated carbocycles. The maximum atomic E-state index is 3.89. The summed E-state index contributed by atoms with van der Waals surface area (Å²) in [5, 5.41) is 0. The van der Waals surface area contributed by atoms with Crippen molar-refractivity contribution in [1.82, 2.24) is 0 Å². The summed E-state index contributed by atoms with van der Waals surface area (Å²) < 4.78 is 0. The smallest absolute Gasteiger partial charge is 0.00806 e. The van der Waals surface area contributed by atoms with E-state index < -0.39 is 0 Å². The predicted octanol–water partition coefficient (Wildman–Crippen LogP) is 3.80. The Morgan fingerprint density at radius 2 is 1.54 bits per heavy atom. The van der Waals surface area contributed by atoms with E-state index in [1.807, 2.05) is 0 Å². The van der Waals surface area contributed by atoms with Gasteiger partial charge in [-0.05, 0) is 29.4 Å². The molecule has 0 heterocycles. The molecule has 1 aromatic rings. The molecular weight excluding hydrogens is 156 g/mol. The van der Waals surface area contributed by atoms with Crippen molar-refractivity contribution in [3.05, 3.63) is 42.3 Å². The Bertz CT molecular complexity index is 265. The molecule has 71 valence electrons. The molecule has 1 rings (SSSR count). The Balaban J connectivity index is 3.01. The van der Waals surface area contributed by atoms with E-state index in [4.69, 9.17) is 0 Å². The molecule has 1 aromatic carbocycles. The molecule has 0 amide bonds. The first kappa shape index (κ1) is 10.3. The van der Waals surface area contributed by atoms with E-state index in [0.29, 0.717) is 5.92 Å². The summed E-state index contributed by atoms with van der Waals surface area (Å²) in [7, 11) is 0. The van der Waals surface area contributed by atoms with Crippen LogP contribution in [0.25, 0.3) is 0 Å². The van der Waals surface area contributed by atoms with Gasteiger partial charge >= 0.3 is 0 Å². The molecule has 0 fully saturated rings. The van der Waals surface area contributed by atoms with Crippen molar-refractivity contribution in [1.29, 1.82) is 0 Å². The van der Waals surface area contributed by atoms with Gasteiger partial charge in [0.25, 0.3) is 0 Å². The van der Waals surface area contributed by atoms with Crippen LogP contribution in [0.1, 0.15) is 38.8 Å². The van der Waals surface area contributed by atoms with Gasteiger partial charge in [-0.3, -0.25) is 0 Å². The van der Waals surface area contributed by atoms with Crippen LogP contribution in [0.2, 0.25) is 0 Å². The van der Waals surface area contributed by atoms with Crippen molar-refractivity contribution in [3.8, 4) is 0 Å². The Kier molecular flexibility index (Phi) is 2.80. The molecule has 0 N–H and O–H groups in total. The second-order valence-electron chi connectivity index (χ2n) is 4.57. The average Bonchev–Trinajstić information content (AvgIpc) is 2.04. The lowest BCUT2D eigenvalue weighted by molar-refractivity contribution is 0.372. The number of rotatable bonds is 2. The van der Waals surface area contributed by atoms with E-state index >= 15 is 0 Å². The molecule has 0 unspecified atom stereocenters. The zero-order valence-electron chi connectivity index (χ0n) is 9.09. The Morgan fingerprint density at radius 3 is 1.92 bits per heavy atom. The first-order chi connectivity index (χ1) is 5.94. The standard InChI is InChI=1S/C13H19/c1-10(2)13(4,5)12-8-6-11(3)7-9-12/h6-10H,3H2,1-2,4-5H3. The van der Waals surface area contributed by atoms with Gasteiger partial charge in [0.2, 0.25) is 0 Å². The third-order valence-electron chi connectivity index (χ3n) is 3.14. The SMILES string of the molecule is [CH2]c1ccc(C(C)(C)C(C)C)cc1. The van der Waals surface area contributed by atoms with Gasteiger partial charge < -0.3 is 0 Å². The van der Waals surface area contributed by atoms with Crippen molar-refractivity contribution in [2.24, 2.45) is 5.92 Å². The number of benzene rings is 1. The van der Waals surface area contributed by atoms with Gasteiger partial charge in [0.05, 0.1) is 0 Å². The largest absolute Gasteiger partial charge is 0.0619 e. The Morgan fingerprint density at radius 1 is 1.08 bits per heavy atom. The third-order valence-corrected chi connectivity index (χ3v) is 3.14. The molecule has 0 bridgehead atoms. The van der Waals surface area contributed by atoms with Gasteiger partial charge in [-0.15, -0.1) is 0 Å². The highest BCUT2D eigenvalue weighted by Crippen LogP contribution is 2.31. The predicted molar refractivity (Wildman–Crippen MR) is 58.8 cm³/mol. The number of hydrogen-bond acceptors (Lipinski definition) is 0.